The Morgan fingerprint density at radius 1 is 1.60 bits per heavy atom. The summed E-state index contributed by atoms with van der Waals surface area (Å²) in [5.74, 6) is 0.121. The summed E-state index contributed by atoms with van der Waals surface area (Å²) in [5.41, 5.74) is 6.36. The zero-order chi connectivity index (χ0) is 11.5. The second-order valence-corrected chi connectivity index (χ2v) is 5.06. The minimum Gasteiger partial charge on any atom is -0.369 e. The molecule has 0 aromatic carbocycles. The number of aliphatic imine (C=N–C) groups is 1. The van der Waals surface area contributed by atoms with Gasteiger partial charge in [-0.25, -0.2) is 4.99 Å². The van der Waals surface area contributed by atoms with Crippen LogP contribution in [0.15, 0.2) is 16.4 Å². The molecule has 0 aliphatic carbocycles. The van der Waals surface area contributed by atoms with Gasteiger partial charge in [0.25, 0.3) is 0 Å². The summed E-state index contributed by atoms with van der Waals surface area (Å²) in [6.45, 7) is 6.43. The average Bonchev–Trinajstić information content (AvgIpc) is 2.52. The lowest BCUT2D eigenvalue weighted by Crippen LogP contribution is -2.26. The van der Waals surface area contributed by atoms with Crippen molar-refractivity contribution >= 4 is 23.0 Å². The van der Waals surface area contributed by atoms with Crippen LogP contribution in [0, 0.1) is 11.5 Å². The first-order valence-corrected chi connectivity index (χ1v) is 5.40. The molecule has 0 aliphatic heterocycles. The van der Waals surface area contributed by atoms with Crippen molar-refractivity contribution in [3.8, 4) is 6.19 Å². The third kappa shape index (κ3) is 3.26. The van der Waals surface area contributed by atoms with Crippen LogP contribution in [0.5, 0.6) is 0 Å². The highest BCUT2D eigenvalue weighted by atomic mass is 32.1. The number of nitrogens with zero attached hydrogens (tertiary/aromatic N) is 2. The number of nitrogens with two attached hydrogens (primary N) is 1. The minimum atomic E-state index is 0.121. The monoisotopic (exact) mass is 222 g/mol. The van der Waals surface area contributed by atoms with Gasteiger partial charge in [-0.1, -0.05) is 20.8 Å². The van der Waals surface area contributed by atoms with Crippen molar-refractivity contribution in [1.82, 2.24) is 5.32 Å². The van der Waals surface area contributed by atoms with Crippen LogP contribution in [-0.2, 0) is 5.41 Å². The van der Waals surface area contributed by atoms with E-state index in [9.17, 15) is 0 Å². The number of guanidine groups is 1. The zero-order valence-corrected chi connectivity index (χ0v) is 9.85. The smallest absolute Gasteiger partial charge is 0.207 e. The summed E-state index contributed by atoms with van der Waals surface area (Å²) in [4.78, 5) is 5.30. The zero-order valence-electron chi connectivity index (χ0n) is 9.03. The maximum atomic E-state index is 8.33. The summed E-state index contributed by atoms with van der Waals surface area (Å²) >= 11 is 1.64. The lowest BCUT2D eigenvalue weighted by Gasteiger charge is -2.14. The van der Waals surface area contributed by atoms with E-state index in [1.807, 2.05) is 11.4 Å². The standard InChI is InChI=1S/C10H14N4S/c1-10(2,3)8-4-7(5-15-8)14-9(12)13-6-11/h4-5H,1-3H3,(H3,12,13,14). The number of hydrogen-bond acceptors (Lipinski definition) is 3. The van der Waals surface area contributed by atoms with Crippen LogP contribution in [0.2, 0.25) is 0 Å². The maximum Gasteiger partial charge on any atom is 0.207 e. The van der Waals surface area contributed by atoms with Gasteiger partial charge in [-0.15, -0.1) is 11.3 Å². The highest BCUT2D eigenvalue weighted by molar-refractivity contribution is 7.10. The van der Waals surface area contributed by atoms with Crippen molar-refractivity contribution in [1.29, 1.82) is 5.26 Å². The fraction of sp³-hybridized carbons (Fsp3) is 0.400. The molecule has 0 saturated carbocycles. The topological polar surface area (TPSA) is 74.2 Å². The van der Waals surface area contributed by atoms with E-state index < -0.39 is 0 Å². The molecular weight excluding hydrogens is 208 g/mol. The third-order valence-electron chi connectivity index (χ3n) is 1.76. The Balaban J connectivity index is 2.87. The minimum absolute atomic E-state index is 0.121. The first-order chi connectivity index (χ1) is 6.93. The molecule has 4 nitrogen and oxygen atoms in total. The highest BCUT2D eigenvalue weighted by Gasteiger charge is 2.15. The van der Waals surface area contributed by atoms with E-state index in [4.69, 9.17) is 11.0 Å². The van der Waals surface area contributed by atoms with Gasteiger partial charge in [0.15, 0.2) is 6.19 Å². The fourth-order valence-corrected chi connectivity index (χ4v) is 1.91. The van der Waals surface area contributed by atoms with Crippen molar-refractivity contribution in [3.63, 3.8) is 0 Å². The van der Waals surface area contributed by atoms with E-state index in [2.05, 4.69) is 31.1 Å². The van der Waals surface area contributed by atoms with Gasteiger partial charge in [0.2, 0.25) is 5.96 Å². The second-order valence-electron chi connectivity index (χ2n) is 4.15. The normalized spacial score (nSPS) is 12.3. The molecule has 0 bridgehead atoms. The lowest BCUT2D eigenvalue weighted by atomic mass is 9.95. The summed E-state index contributed by atoms with van der Waals surface area (Å²) in [6, 6.07) is 1.98. The quantitative estimate of drug-likeness (QED) is 0.330. The molecule has 1 aromatic heterocycles. The van der Waals surface area contributed by atoms with Crippen LogP contribution in [0.25, 0.3) is 0 Å². The van der Waals surface area contributed by atoms with Gasteiger partial charge in [-0.05, 0) is 11.5 Å². The van der Waals surface area contributed by atoms with Crippen molar-refractivity contribution in [2.45, 2.75) is 26.2 Å². The summed E-state index contributed by atoms with van der Waals surface area (Å²) in [7, 11) is 0. The van der Waals surface area contributed by atoms with Crippen LogP contribution in [0.4, 0.5) is 5.69 Å². The SMILES string of the molecule is CC(C)(C)c1cc(N=C(N)NC#N)cs1. The van der Waals surface area contributed by atoms with E-state index in [-0.39, 0.29) is 11.4 Å². The Kier molecular flexibility index (Phi) is 3.32. The molecule has 1 rings (SSSR count). The Bertz CT molecular complexity index is 406. The van der Waals surface area contributed by atoms with Crippen molar-refractivity contribution in [2.24, 2.45) is 10.7 Å². The van der Waals surface area contributed by atoms with Gasteiger partial charge < -0.3 is 5.73 Å². The molecular formula is C10H14N4S. The van der Waals surface area contributed by atoms with Gasteiger partial charge in [-0.2, -0.15) is 5.26 Å². The molecule has 0 spiro atoms. The molecule has 0 radical (unpaired) electrons. The average molecular weight is 222 g/mol. The Labute approximate surface area is 93.4 Å². The van der Waals surface area contributed by atoms with Crippen LogP contribution in [0.1, 0.15) is 25.6 Å². The molecule has 0 amide bonds. The third-order valence-corrected chi connectivity index (χ3v) is 3.10. The number of thiophene rings is 1. The van der Waals surface area contributed by atoms with Gasteiger partial charge in [0, 0.05) is 10.3 Å². The number of nitriles is 1. The number of rotatable bonds is 1. The molecule has 0 aliphatic rings. The van der Waals surface area contributed by atoms with Crippen LogP contribution >= 0.6 is 11.3 Å². The van der Waals surface area contributed by atoms with Gasteiger partial charge >= 0.3 is 0 Å². The molecule has 0 unspecified atom stereocenters. The highest BCUT2D eigenvalue weighted by Crippen LogP contribution is 2.31. The molecule has 5 heteroatoms. The fourth-order valence-electron chi connectivity index (χ4n) is 1.00. The van der Waals surface area contributed by atoms with Gasteiger partial charge in [0.1, 0.15) is 0 Å². The molecule has 15 heavy (non-hydrogen) atoms. The van der Waals surface area contributed by atoms with Crippen molar-refractivity contribution in [3.05, 3.63) is 16.3 Å². The van der Waals surface area contributed by atoms with E-state index in [0.717, 1.165) is 5.69 Å². The first-order valence-electron chi connectivity index (χ1n) is 4.52. The van der Waals surface area contributed by atoms with E-state index in [0.29, 0.717) is 0 Å². The summed E-state index contributed by atoms with van der Waals surface area (Å²) in [6.07, 6.45) is 1.72. The molecule has 3 N–H and O–H groups in total. The number of nitrogens with one attached hydrogen (secondary N) is 1. The molecule has 1 heterocycles. The Hall–Kier alpha value is -1.54. The Morgan fingerprint density at radius 2 is 2.27 bits per heavy atom. The van der Waals surface area contributed by atoms with Crippen LogP contribution in [0.3, 0.4) is 0 Å². The van der Waals surface area contributed by atoms with Crippen molar-refractivity contribution < 1.29 is 0 Å². The van der Waals surface area contributed by atoms with Crippen molar-refractivity contribution in [2.75, 3.05) is 0 Å². The van der Waals surface area contributed by atoms with Gasteiger partial charge in [-0.3, -0.25) is 5.32 Å². The van der Waals surface area contributed by atoms with E-state index in [1.165, 1.54) is 4.88 Å². The molecule has 0 saturated heterocycles. The Morgan fingerprint density at radius 3 is 2.73 bits per heavy atom. The van der Waals surface area contributed by atoms with E-state index >= 15 is 0 Å². The van der Waals surface area contributed by atoms with E-state index in [1.54, 1.807) is 17.5 Å². The van der Waals surface area contributed by atoms with Crippen LogP contribution < -0.4 is 11.1 Å². The largest absolute Gasteiger partial charge is 0.369 e. The summed E-state index contributed by atoms with van der Waals surface area (Å²) < 4.78 is 0. The lowest BCUT2D eigenvalue weighted by molar-refractivity contribution is 0.604. The molecule has 0 atom stereocenters. The second kappa shape index (κ2) is 4.32. The molecule has 0 fully saturated rings. The molecule has 1 aromatic rings. The predicted molar refractivity (Wildman–Crippen MR) is 63.1 cm³/mol. The summed E-state index contributed by atoms with van der Waals surface area (Å²) in [5, 5.41) is 12.5. The van der Waals surface area contributed by atoms with Crippen LogP contribution in [-0.4, -0.2) is 5.96 Å². The molecule has 80 valence electrons. The predicted octanol–water partition coefficient (Wildman–Crippen LogP) is 2.06. The number of hydrogen-bond donors (Lipinski definition) is 2. The van der Waals surface area contributed by atoms with Gasteiger partial charge in [0.05, 0.1) is 5.69 Å². The first kappa shape index (κ1) is 11.5. The maximum absolute atomic E-state index is 8.33.